The Morgan fingerprint density at radius 1 is 1.12 bits per heavy atom. The molecular weight excluding hydrogens is 403 g/mol. The topological polar surface area (TPSA) is 41.4 Å². The van der Waals surface area contributed by atoms with Crippen molar-refractivity contribution in [1.29, 1.82) is 0 Å². The predicted molar refractivity (Wildman–Crippen MR) is 124 cm³/mol. The zero-order valence-corrected chi connectivity index (χ0v) is 19.1. The summed E-state index contributed by atoms with van der Waals surface area (Å²) in [5.74, 6) is -0.795. The molecule has 0 saturated carbocycles. The van der Waals surface area contributed by atoms with Gasteiger partial charge in [0.1, 0.15) is 5.82 Å². The molecule has 0 aliphatic carbocycles. The van der Waals surface area contributed by atoms with Gasteiger partial charge < -0.3 is 4.90 Å². The Labute approximate surface area is 189 Å². The third-order valence-corrected chi connectivity index (χ3v) is 6.07. The molecule has 168 valence electrons. The SMILES string of the molecule is CCCN1CCc2c(c(CN(C(=O)c3ccccc3F)C(C)C)nn2-c2ccccc2)C1. The van der Waals surface area contributed by atoms with Gasteiger partial charge in [0.05, 0.1) is 29.2 Å². The Bertz CT molecular complexity index is 1080. The number of para-hydroxylation sites is 1. The minimum Gasteiger partial charge on any atom is -0.330 e. The molecule has 5 nitrogen and oxygen atoms in total. The number of aromatic nitrogens is 2. The van der Waals surface area contributed by atoms with Gasteiger partial charge >= 0.3 is 0 Å². The van der Waals surface area contributed by atoms with E-state index in [2.05, 4.69) is 24.0 Å². The van der Waals surface area contributed by atoms with Crippen molar-refractivity contribution in [2.75, 3.05) is 13.1 Å². The number of nitrogens with zero attached hydrogens (tertiary/aromatic N) is 4. The number of carbonyl (C=O) groups excluding carboxylic acids is 1. The smallest absolute Gasteiger partial charge is 0.257 e. The molecule has 0 N–H and O–H groups in total. The van der Waals surface area contributed by atoms with E-state index in [1.165, 1.54) is 17.3 Å². The second kappa shape index (κ2) is 9.65. The van der Waals surface area contributed by atoms with Crippen LogP contribution in [0.15, 0.2) is 54.6 Å². The third-order valence-electron chi connectivity index (χ3n) is 6.07. The predicted octanol–water partition coefficient (Wildman–Crippen LogP) is 4.83. The molecule has 1 amide bonds. The van der Waals surface area contributed by atoms with Crippen LogP contribution in [0.5, 0.6) is 0 Å². The minimum atomic E-state index is -0.492. The van der Waals surface area contributed by atoms with Gasteiger partial charge in [0, 0.05) is 31.1 Å². The van der Waals surface area contributed by atoms with E-state index in [1.807, 2.05) is 36.7 Å². The molecule has 0 bridgehead atoms. The highest BCUT2D eigenvalue weighted by Crippen LogP contribution is 2.27. The zero-order chi connectivity index (χ0) is 22.7. The van der Waals surface area contributed by atoms with E-state index in [1.54, 1.807) is 23.1 Å². The third kappa shape index (κ3) is 4.46. The summed E-state index contributed by atoms with van der Waals surface area (Å²) < 4.78 is 16.4. The van der Waals surface area contributed by atoms with Gasteiger partial charge in [-0.3, -0.25) is 9.69 Å². The number of halogens is 1. The van der Waals surface area contributed by atoms with Crippen molar-refractivity contribution in [3.63, 3.8) is 0 Å². The molecule has 0 fully saturated rings. The van der Waals surface area contributed by atoms with E-state index in [0.717, 1.165) is 43.9 Å². The molecule has 0 atom stereocenters. The Hall–Kier alpha value is -2.99. The Morgan fingerprint density at radius 3 is 2.53 bits per heavy atom. The molecule has 0 unspecified atom stereocenters. The quantitative estimate of drug-likeness (QED) is 0.535. The molecule has 1 aliphatic rings. The first-order valence-electron chi connectivity index (χ1n) is 11.4. The van der Waals surface area contributed by atoms with Crippen LogP contribution in [0, 0.1) is 5.82 Å². The molecular formula is C26H31FN4O. The van der Waals surface area contributed by atoms with E-state index < -0.39 is 5.82 Å². The van der Waals surface area contributed by atoms with Crippen LogP contribution in [-0.2, 0) is 19.5 Å². The first-order valence-corrected chi connectivity index (χ1v) is 11.4. The van der Waals surface area contributed by atoms with Gasteiger partial charge in [0.2, 0.25) is 0 Å². The van der Waals surface area contributed by atoms with Gasteiger partial charge in [0.15, 0.2) is 0 Å². The van der Waals surface area contributed by atoms with E-state index in [4.69, 9.17) is 5.10 Å². The fraction of sp³-hybridized carbons (Fsp3) is 0.385. The summed E-state index contributed by atoms with van der Waals surface area (Å²) in [4.78, 5) is 17.4. The van der Waals surface area contributed by atoms with Crippen LogP contribution in [0.25, 0.3) is 5.69 Å². The Kier molecular flexibility index (Phi) is 6.70. The number of hydrogen-bond acceptors (Lipinski definition) is 3. The lowest BCUT2D eigenvalue weighted by molar-refractivity contribution is 0.0681. The first kappa shape index (κ1) is 22.2. The van der Waals surface area contributed by atoms with Gasteiger partial charge in [-0.05, 0) is 51.1 Å². The van der Waals surface area contributed by atoms with Crippen LogP contribution >= 0.6 is 0 Å². The van der Waals surface area contributed by atoms with Crippen LogP contribution in [0.2, 0.25) is 0 Å². The lowest BCUT2D eigenvalue weighted by Gasteiger charge is -2.29. The maximum absolute atomic E-state index is 14.4. The molecule has 2 heterocycles. The Balaban J connectivity index is 1.72. The number of hydrogen-bond donors (Lipinski definition) is 0. The maximum Gasteiger partial charge on any atom is 0.257 e. The lowest BCUT2D eigenvalue weighted by Crippen LogP contribution is -2.38. The van der Waals surface area contributed by atoms with Crippen molar-refractivity contribution >= 4 is 5.91 Å². The molecule has 0 saturated heterocycles. The average Bonchev–Trinajstić information content (AvgIpc) is 3.16. The highest BCUT2D eigenvalue weighted by atomic mass is 19.1. The van der Waals surface area contributed by atoms with Crippen LogP contribution < -0.4 is 0 Å². The van der Waals surface area contributed by atoms with Crippen molar-refractivity contribution in [3.05, 3.63) is 82.9 Å². The first-order chi connectivity index (χ1) is 15.5. The summed E-state index contributed by atoms with van der Waals surface area (Å²) in [6.45, 7) is 9.33. The second-order valence-electron chi connectivity index (χ2n) is 8.65. The number of amides is 1. The molecule has 32 heavy (non-hydrogen) atoms. The molecule has 0 radical (unpaired) electrons. The van der Waals surface area contributed by atoms with Gasteiger partial charge in [-0.25, -0.2) is 9.07 Å². The number of fused-ring (bicyclic) bond motifs is 1. The highest BCUT2D eigenvalue weighted by Gasteiger charge is 2.29. The summed E-state index contributed by atoms with van der Waals surface area (Å²) in [6, 6.07) is 16.2. The van der Waals surface area contributed by atoms with Crippen molar-refractivity contribution in [3.8, 4) is 5.69 Å². The van der Waals surface area contributed by atoms with Crippen molar-refractivity contribution in [1.82, 2.24) is 19.6 Å². The van der Waals surface area contributed by atoms with Crippen molar-refractivity contribution in [2.45, 2.75) is 52.7 Å². The summed E-state index contributed by atoms with van der Waals surface area (Å²) in [6.07, 6.45) is 2.02. The van der Waals surface area contributed by atoms with Crippen molar-refractivity contribution in [2.24, 2.45) is 0 Å². The minimum absolute atomic E-state index is 0.0880. The number of benzene rings is 2. The average molecular weight is 435 g/mol. The molecule has 4 rings (SSSR count). The molecule has 0 spiro atoms. The van der Waals surface area contributed by atoms with Gasteiger partial charge in [-0.2, -0.15) is 5.10 Å². The standard InChI is InChI=1S/C26H31FN4O/c1-4-15-29-16-14-25-22(17-29)24(28-31(25)20-10-6-5-7-11-20)18-30(19(2)3)26(32)21-12-8-9-13-23(21)27/h5-13,19H,4,14-18H2,1-3H3. The lowest BCUT2D eigenvalue weighted by atomic mass is 10.0. The summed E-state index contributed by atoms with van der Waals surface area (Å²) in [5, 5.41) is 4.98. The Morgan fingerprint density at radius 2 is 1.84 bits per heavy atom. The van der Waals surface area contributed by atoms with E-state index in [0.29, 0.717) is 6.54 Å². The second-order valence-corrected chi connectivity index (χ2v) is 8.65. The van der Waals surface area contributed by atoms with Gasteiger partial charge in [-0.1, -0.05) is 37.3 Å². The summed E-state index contributed by atoms with van der Waals surface area (Å²) in [7, 11) is 0. The van der Waals surface area contributed by atoms with E-state index >= 15 is 0 Å². The molecule has 3 aromatic rings. The fourth-order valence-electron chi connectivity index (χ4n) is 4.40. The van der Waals surface area contributed by atoms with Gasteiger partial charge in [-0.15, -0.1) is 0 Å². The molecule has 6 heteroatoms. The highest BCUT2D eigenvalue weighted by molar-refractivity contribution is 5.94. The van der Waals surface area contributed by atoms with Gasteiger partial charge in [0.25, 0.3) is 5.91 Å². The van der Waals surface area contributed by atoms with E-state index in [9.17, 15) is 9.18 Å². The van der Waals surface area contributed by atoms with Crippen LogP contribution in [-0.4, -0.2) is 44.6 Å². The number of rotatable bonds is 7. The van der Waals surface area contributed by atoms with E-state index in [-0.39, 0.29) is 17.5 Å². The summed E-state index contributed by atoms with van der Waals surface area (Å²) in [5.41, 5.74) is 4.42. The molecule has 1 aromatic heterocycles. The maximum atomic E-state index is 14.4. The summed E-state index contributed by atoms with van der Waals surface area (Å²) >= 11 is 0. The van der Waals surface area contributed by atoms with Crippen LogP contribution in [0.3, 0.4) is 0 Å². The largest absolute Gasteiger partial charge is 0.330 e. The molecule has 1 aliphatic heterocycles. The monoisotopic (exact) mass is 434 g/mol. The number of carbonyl (C=O) groups is 1. The van der Waals surface area contributed by atoms with Crippen LogP contribution in [0.4, 0.5) is 4.39 Å². The molecule has 2 aromatic carbocycles. The normalized spacial score (nSPS) is 13.9. The van der Waals surface area contributed by atoms with Crippen molar-refractivity contribution < 1.29 is 9.18 Å². The van der Waals surface area contributed by atoms with Crippen LogP contribution in [0.1, 0.15) is 54.5 Å². The zero-order valence-electron chi connectivity index (χ0n) is 19.1. The fourth-order valence-corrected chi connectivity index (χ4v) is 4.40.